The van der Waals surface area contributed by atoms with Gasteiger partial charge in [0.1, 0.15) is 5.84 Å². The van der Waals surface area contributed by atoms with E-state index < -0.39 is 0 Å². The van der Waals surface area contributed by atoms with Gasteiger partial charge in [-0.2, -0.15) is 0 Å². The van der Waals surface area contributed by atoms with Crippen LogP contribution in [0.1, 0.15) is 44.6 Å². The highest BCUT2D eigenvalue weighted by molar-refractivity contribution is 5.80. The van der Waals surface area contributed by atoms with Crippen LogP contribution in [0.15, 0.2) is 29.4 Å². The molecule has 0 saturated heterocycles. The number of rotatable bonds is 6. The summed E-state index contributed by atoms with van der Waals surface area (Å²) in [5.74, 6) is 0.865. The number of anilines is 1. The van der Waals surface area contributed by atoms with E-state index in [1.807, 2.05) is 0 Å². The molecular weight excluding hydrogens is 238 g/mol. The Hall–Kier alpha value is -1.71. The zero-order chi connectivity index (χ0) is 13.9. The number of hydrogen-bond acceptors (Lipinski definition) is 3. The van der Waals surface area contributed by atoms with Crippen molar-refractivity contribution in [2.24, 2.45) is 16.3 Å². The molecule has 104 valence electrons. The van der Waals surface area contributed by atoms with Crippen molar-refractivity contribution in [3.8, 4) is 0 Å². The Morgan fingerprint density at radius 3 is 2.79 bits per heavy atom. The van der Waals surface area contributed by atoms with Gasteiger partial charge in [-0.15, -0.1) is 0 Å². The van der Waals surface area contributed by atoms with Crippen molar-refractivity contribution in [1.29, 1.82) is 0 Å². The maximum atomic E-state index is 8.65. The molecule has 4 nitrogen and oxygen atoms in total. The van der Waals surface area contributed by atoms with E-state index in [1.165, 1.54) is 5.56 Å². The van der Waals surface area contributed by atoms with Crippen molar-refractivity contribution in [3.05, 3.63) is 29.8 Å². The van der Waals surface area contributed by atoms with E-state index >= 15 is 0 Å². The van der Waals surface area contributed by atoms with Gasteiger partial charge in [0.15, 0.2) is 0 Å². The summed E-state index contributed by atoms with van der Waals surface area (Å²) in [6.45, 7) is 5.27. The molecule has 2 rings (SSSR count). The Labute approximate surface area is 114 Å². The summed E-state index contributed by atoms with van der Waals surface area (Å²) in [7, 11) is 0. The zero-order valence-electron chi connectivity index (χ0n) is 11.7. The van der Waals surface area contributed by atoms with Gasteiger partial charge in [0, 0.05) is 18.7 Å². The summed E-state index contributed by atoms with van der Waals surface area (Å²) in [5, 5.41) is 15.2. The topological polar surface area (TPSA) is 70.6 Å². The monoisotopic (exact) mass is 261 g/mol. The molecule has 0 aromatic heterocycles. The fourth-order valence-corrected chi connectivity index (χ4v) is 2.31. The molecule has 0 atom stereocenters. The molecule has 1 aromatic carbocycles. The van der Waals surface area contributed by atoms with Crippen LogP contribution < -0.4 is 11.1 Å². The fourth-order valence-electron chi connectivity index (χ4n) is 2.31. The van der Waals surface area contributed by atoms with Crippen LogP contribution >= 0.6 is 0 Å². The lowest BCUT2D eigenvalue weighted by atomic mass is 10.0. The molecule has 1 saturated carbocycles. The van der Waals surface area contributed by atoms with Crippen molar-refractivity contribution >= 4 is 11.5 Å². The fraction of sp³-hybridized carbons (Fsp3) is 0.533. The lowest BCUT2D eigenvalue weighted by molar-refractivity contribution is 0.315. The van der Waals surface area contributed by atoms with Crippen molar-refractivity contribution < 1.29 is 5.21 Å². The molecule has 0 heterocycles. The van der Waals surface area contributed by atoms with Gasteiger partial charge in [-0.1, -0.05) is 31.1 Å². The van der Waals surface area contributed by atoms with Crippen LogP contribution in [0.3, 0.4) is 0 Å². The second-order valence-electron chi connectivity index (χ2n) is 5.90. The third-order valence-electron chi connectivity index (χ3n) is 3.86. The van der Waals surface area contributed by atoms with Crippen LogP contribution in [-0.2, 0) is 0 Å². The normalized spacial score (nSPS) is 17.5. The van der Waals surface area contributed by atoms with Crippen molar-refractivity contribution in [2.75, 3.05) is 11.9 Å². The molecule has 1 aliphatic rings. The predicted octanol–water partition coefficient (Wildman–Crippen LogP) is 3.14. The first kappa shape index (κ1) is 13.7. The molecule has 0 radical (unpaired) electrons. The number of nitrogens with two attached hydrogens (primary N) is 1. The molecule has 4 N–H and O–H groups in total. The van der Waals surface area contributed by atoms with Crippen LogP contribution in [0.25, 0.3) is 0 Å². The van der Waals surface area contributed by atoms with Gasteiger partial charge in [0.2, 0.25) is 0 Å². The van der Waals surface area contributed by atoms with Gasteiger partial charge in [-0.05, 0) is 41.9 Å². The third-order valence-corrected chi connectivity index (χ3v) is 3.86. The minimum atomic E-state index is 0.185. The van der Waals surface area contributed by atoms with Crippen LogP contribution in [0.4, 0.5) is 5.69 Å². The Morgan fingerprint density at radius 2 is 2.21 bits per heavy atom. The molecular formula is C15H23N3O. The molecule has 0 unspecified atom stereocenters. The second-order valence-corrected chi connectivity index (χ2v) is 5.90. The van der Waals surface area contributed by atoms with Gasteiger partial charge in [0.25, 0.3) is 0 Å². The summed E-state index contributed by atoms with van der Waals surface area (Å²) in [6.07, 6.45) is 2.94. The van der Waals surface area contributed by atoms with E-state index in [0.29, 0.717) is 18.2 Å². The molecule has 1 aromatic rings. The number of amidine groups is 1. The number of benzene rings is 1. The number of oxime groups is 1. The molecule has 1 aliphatic carbocycles. The first-order valence-electron chi connectivity index (χ1n) is 6.85. The van der Waals surface area contributed by atoms with E-state index in [9.17, 15) is 0 Å². The molecule has 0 bridgehead atoms. The summed E-state index contributed by atoms with van der Waals surface area (Å²) < 4.78 is 0. The van der Waals surface area contributed by atoms with Gasteiger partial charge < -0.3 is 16.3 Å². The standard InChI is InChI=1S/C15H23N3O/c1-11(2)12-4-3-5-13(8-12)17-10-15(6-7-15)9-14(16)18-19/h3-5,8,11,17,19H,6-7,9-10H2,1-2H3,(H2,16,18). The van der Waals surface area contributed by atoms with E-state index in [-0.39, 0.29) is 5.41 Å². The number of hydrogen-bond donors (Lipinski definition) is 3. The highest BCUT2D eigenvalue weighted by atomic mass is 16.4. The number of nitrogens with one attached hydrogen (secondary N) is 1. The summed E-state index contributed by atoms with van der Waals surface area (Å²) in [4.78, 5) is 0. The zero-order valence-corrected chi connectivity index (χ0v) is 11.7. The molecule has 19 heavy (non-hydrogen) atoms. The lowest BCUT2D eigenvalue weighted by Crippen LogP contribution is -2.23. The van der Waals surface area contributed by atoms with Crippen LogP contribution in [0, 0.1) is 5.41 Å². The van der Waals surface area contributed by atoms with Gasteiger partial charge in [-0.25, -0.2) is 0 Å². The predicted molar refractivity (Wildman–Crippen MR) is 78.7 cm³/mol. The summed E-state index contributed by atoms with van der Waals surface area (Å²) in [6, 6.07) is 8.52. The average molecular weight is 261 g/mol. The van der Waals surface area contributed by atoms with Gasteiger partial charge in [-0.3, -0.25) is 0 Å². The maximum Gasteiger partial charge on any atom is 0.139 e. The maximum absolute atomic E-state index is 8.65. The SMILES string of the molecule is CC(C)c1cccc(NCC2(CC(N)=NO)CC2)c1. The van der Waals surface area contributed by atoms with Crippen LogP contribution in [0.5, 0.6) is 0 Å². The summed E-state index contributed by atoms with van der Waals surface area (Å²) in [5.41, 5.74) is 8.28. The Bertz CT molecular complexity index is 464. The van der Waals surface area contributed by atoms with Gasteiger partial charge in [0.05, 0.1) is 0 Å². The largest absolute Gasteiger partial charge is 0.409 e. The minimum Gasteiger partial charge on any atom is -0.409 e. The first-order chi connectivity index (χ1) is 9.04. The van der Waals surface area contributed by atoms with Crippen molar-refractivity contribution in [2.45, 2.75) is 39.0 Å². The number of nitrogens with zero attached hydrogens (tertiary/aromatic N) is 1. The van der Waals surface area contributed by atoms with Crippen LogP contribution in [0.2, 0.25) is 0 Å². The molecule has 0 amide bonds. The Balaban J connectivity index is 1.94. The average Bonchev–Trinajstić information content (AvgIpc) is 3.17. The van der Waals surface area contributed by atoms with E-state index in [4.69, 9.17) is 10.9 Å². The molecule has 0 aliphatic heterocycles. The molecule has 1 fully saturated rings. The van der Waals surface area contributed by atoms with Crippen molar-refractivity contribution in [3.63, 3.8) is 0 Å². The van der Waals surface area contributed by atoms with E-state index in [1.54, 1.807) is 0 Å². The lowest BCUT2D eigenvalue weighted by Gasteiger charge is -2.17. The second kappa shape index (κ2) is 5.51. The van der Waals surface area contributed by atoms with Gasteiger partial charge >= 0.3 is 0 Å². The quantitative estimate of drug-likeness (QED) is 0.319. The third kappa shape index (κ3) is 3.63. The Kier molecular flexibility index (Phi) is 3.98. The summed E-state index contributed by atoms with van der Waals surface area (Å²) >= 11 is 0. The smallest absolute Gasteiger partial charge is 0.139 e. The highest BCUT2D eigenvalue weighted by Gasteiger charge is 2.43. The first-order valence-corrected chi connectivity index (χ1v) is 6.85. The van der Waals surface area contributed by atoms with Crippen molar-refractivity contribution in [1.82, 2.24) is 0 Å². The van der Waals surface area contributed by atoms with Crippen LogP contribution in [-0.4, -0.2) is 17.6 Å². The molecule has 4 heteroatoms. The van der Waals surface area contributed by atoms with E-state index in [2.05, 4.69) is 48.6 Å². The molecule has 0 spiro atoms. The van der Waals surface area contributed by atoms with E-state index in [0.717, 1.165) is 25.1 Å². The highest BCUT2D eigenvalue weighted by Crippen LogP contribution is 2.48. The minimum absolute atomic E-state index is 0.185. The Morgan fingerprint density at radius 1 is 1.47 bits per heavy atom.